The summed E-state index contributed by atoms with van der Waals surface area (Å²) in [4.78, 5) is 11.1. The van der Waals surface area contributed by atoms with Gasteiger partial charge in [0.25, 0.3) is 6.43 Å². The van der Waals surface area contributed by atoms with Crippen molar-refractivity contribution in [3.63, 3.8) is 0 Å². The number of esters is 1. The van der Waals surface area contributed by atoms with Crippen LogP contribution in [0.2, 0.25) is 0 Å². The number of carbonyl (C=O) groups is 1. The van der Waals surface area contributed by atoms with Gasteiger partial charge in [-0.2, -0.15) is 0 Å². The number of phenolic OH excluding ortho intramolecular Hbond substituents is 1. The average Bonchev–Trinajstić information content (AvgIpc) is 2.24. The lowest BCUT2D eigenvalue weighted by atomic mass is 10.2. The summed E-state index contributed by atoms with van der Waals surface area (Å²) in [6, 6.07) is 3.50. The van der Waals surface area contributed by atoms with Crippen LogP contribution in [0, 0.1) is 0 Å². The lowest BCUT2D eigenvalue weighted by Crippen LogP contribution is -2.08. The summed E-state index contributed by atoms with van der Waals surface area (Å²) < 4.78 is 32.8. The number of ether oxygens (including phenoxy) is 2. The molecule has 0 radical (unpaired) electrons. The third-order valence-corrected chi connectivity index (χ3v) is 1.69. The monoisotopic (exact) mass is 232 g/mol. The Hall–Kier alpha value is -1.85. The zero-order chi connectivity index (χ0) is 12.1. The van der Waals surface area contributed by atoms with Gasteiger partial charge in [0, 0.05) is 6.07 Å². The molecular weight excluding hydrogens is 222 g/mol. The predicted octanol–water partition coefficient (Wildman–Crippen LogP) is 1.82. The molecule has 1 aromatic rings. The zero-order valence-electron chi connectivity index (χ0n) is 8.44. The van der Waals surface area contributed by atoms with Gasteiger partial charge in [-0.3, -0.25) is 0 Å². The highest BCUT2D eigenvalue weighted by molar-refractivity contribution is 5.90. The molecule has 0 atom stereocenters. The average molecular weight is 232 g/mol. The summed E-state index contributed by atoms with van der Waals surface area (Å²) in [7, 11) is 1.17. The van der Waals surface area contributed by atoms with Crippen molar-refractivity contribution in [3.05, 3.63) is 23.8 Å². The van der Waals surface area contributed by atoms with Crippen molar-refractivity contribution >= 4 is 5.97 Å². The molecule has 1 aromatic carbocycles. The molecule has 6 heteroatoms. The summed E-state index contributed by atoms with van der Waals surface area (Å²) in [5.41, 5.74) is 0.0340. The number of hydrogen-bond acceptors (Lipinski definition) is 4. The van der Waals surface area contributed by atoms with Gasteiger partial charge in [-0.25, -0.2) is 13.6 Å². The maximum absolute atomic E-state index is 11.9. The first kappa shape index (κ1) is 12.2. The van der Waals surface area contributed by atoms with Crippen LogP contribution in [0.1, 0.15) is 10.4 Å². The number of hydrogen-bond donors (Lipinski definition) is 1. The smallest absolute Gasteiger partial charge is 0.338 e. The fourth-order valence-electron chi connectivity index (χ4n) is 1.06. The molecule has 0 aliphatic heterocycles. The number of rotatable bonds is 4. The molecule has 0 saturated heterocycles. The highest BCUT2D eigenvalue weighted by Crippen LogP contribution is 2.22. The van der Waals surface area contributed by atoms with Gasteiger partial charge in [-0.1, -0.05) is 0 Å². The van der Waals surface area contributed by atoms with Gasteiger partial charge < -0.3 is 14.6 Å². The molecule has 0 heterocycles. The molecule has 0 spiro atoms. The maximum atomic E-state index is 11.9. The Balaban J connectivity index is 2.85. The molecule has 0 aliphatic carbocycles. The van der Waals surface area contributed by atoms with Crippen LogP contribution >= 0.6 is 0 Å². The lowest BCUT2D eigenvalue weighted by molar-refractivity contribution is 0.0599. The summed E-state index contributed by atoms with van der Waals surface area (Å²) in [5, 5.41) is 9.23. The van der Waals surface area contributed by atoms with Crippen LogP contribution in [0.4, 0.5) is 8.78 Å². The number of methoxy groups -OCH3 is 1. The Kier molecular flexibility index (Phi) is 4.04. The van der Waals surface area contributed by atoms with Crippen molar-refractivity contribution < 1.29 is 28.2 Å². The van der Waals surface area contributed by atoms with Crippen molar-refractivity contribution in [1.29, 1.82) is 0 Å². The van der Waals surface area contributed by atoms with Crippen molar-refractivity contribution in [1.82, 2.24) is 0 Å². The fraction of sp³-hybridized carbons (Fsp3) is 0.300. The van der Waals surface area contributed by atoms with E-state index in [9.17, 15) is 18.7 Å². The first-order chi connectivity index (χ1) is 7.52. The van der Waals surface area contributed by atoms with E-state index in [4.69, 9.17) is 0 Å². The highest BCUT2D eigenvalue weighted by Gasteiger charge is 2.10. The maximum Gasteiger partial charge on any atom is 0.338 e. The highest BCUT2D eigenvalue weighted by atomic mass is 19.3. The topological polar surface area (TPSA) is 55.8 Å². The molecule has 0 aromatic heterocycles. The van der Waals surface area contributed by atoms with Gasteiger partial charge in [0.15, 0.2) is 0 Å². The summed E-state index contributed by atoms with van der Waals surface area (Å²) in [6.45, 7) is -0.802. The molecule has 88 valence electrons. The molecule has 1 N–H and O–H groups in total. The number of halogens is 2. The van der Waals surface area contributed by atoms with Crippen LogP contribution in [0.25, 0.3) is 0 Å². The van der Waals surface area contributed by atoms with E-state index in [-0.39, 0.29) is 17.1 Å². The van der Waals surface area contributed by atoms with Gasteiger partial charge in [0.2, 0.25) is 0 Å². The van der Waals surface area contributed by atoms with Gasteiger partial charge in [0.1, 0.15) is 18.1 Å². The molecule has 16 heavy (non-hydrogen) atoms. The third-order valence-electron chi connectivity index (χ3n) is 1.69. The summed E-state index contributed by atoms with van der Waals surface area (Å²) in [6.07, 6.45) is -2.62. The van der Waals surface area contributed by atoms with E-state index in [1.54, 1.807) is 0 Å². The fourth-order valence-corrected chi connectivity index (χ4v) is 1.06. The molecule has 0 saturated carbocycles. The second-order valence-electron chi connectivity index (χ2n) is 2.91. The molecule has 0 bridgehead atoms. The van der Waals surface area contributed by atoms with Crippen molar-refractivity contribution in [2.45, 2.75) is 6.43 Å². The van der Waals surface area contributed by atoms with E-state index in [1.807, 2.05) is 0 Å². The van der Waals surface area contributed by atoms with E-state index >= 15 is 0 Å². The van der Waals surface area contributed by atoms with Gasteiger partial charge in [-0.05, 0) is 12.1 Å². The second kappa shape index (κ2) is 5.29. The van der Waals surface area contributed by atoms with Crippen molar-refractivity contribution in [3.8, 4) is 11.5 Å². The second-order valence-corrected chi connectivity index (χ2v) is 2.91. The number of benzene rings is 1. The van der Waals surface area contributed by atoms with E-state index in [0.29, 0.717) is 0 Å². The molecule has 0 unspecified atom stereocenters. The SMILES string of the molecule is COC(=O)c1cc(O)cc(OCC(F)F)c1. The predicted molar refractivity (Wildman–Crippen MR) is 50.9 cm³/mol. The normalized spacial score (nSPS) is 10.2. The van der Waals surface area contributed by atoms with Crippen LogP contribution < -0.4 is 4.74 Å². The molecule has 4 nitrogen and oxygen atoms in total. The van der Waals surface area contributed by atoms with E-state index < -0.39 is 19.0 Å². The van der Waals surface area contributed by atoms with Crippen LogP contribution in [0.5, 0.6) is 11.5 Å². The van der Waals surface area contributed by atoms with Crippen LogP contribution in [-0.2, 0) is 4.74 Å². The molecule has 0 amide bonds. The van der Waals surface area contributed by atoms with Crippen LogP contribution in [0.15, 0.2) is 18.2 Å². The first-order valence-electron chi connectivity index (χ1n) is 4.36. The van der Waals surface area contributed by atoms with Crippen LogP contribution in [-0.4, -0.2) is 31.2 Å². The van der Waals surface area contributed by atoms with Gasteiger partial charge >= 0.3 is 5.97 Å². The molecule has 0 aliphatic rings. The zero-order valence-corrected chi connectivity index (χ0v) is 8.44. The minimum atomic E-state index is -2.62. The molecular formula is C10H10F2O4. The quantitative estimate of drug-likeness (QED) is 0.804. The summed E-state index contributed by atoms with van der Waals surface area (Å²) >= 11 is 0. The summed E-state index contributed by atoms with van der Waals surface area (Å²) in [5.74, 6) is -0.953. The Morgan fingerprint density at radius 3 is 2.69 bits per heavy atom. The largest absolute Gasteiger partial charge is 0.508 e. The Morgan fingerprint density at radius 1 is 1.44 bits per heavy atom. The van der Waals surface area contributed by atoms with E-state index in [0.717, 1.165) is 12.1 Å². The van der Waals surface area contributed by atoms with Crippen molar-refractivity contribution in [2.24, 2.45) is 0 Å². The first-order valence-corrected chi connectivity index (χ1v) is 4.36. The van der Waals surface area contributed by atoms with Crippen LogP contribution in [0.3, 0.4) is 0 Å². The van der Waals surface area contributed by atoms with Gasteiger partial charge in [0.05, 0.1) is 12.7 Å². The van der Waals surface area contributed by atoms with Gasteiger partial charge in [-0.15, -0.1) is 0 Å². The standard InChI is InChI=1S/C10H10F2O4/c1-15-10(14)6-2-7(13)4-8(3-6)16-5-9(11)12/h2-4,9,13H,5H2,1H3. The lowest BCUT2D eigenvalue weighted by Gasteiger charge is -2.07. The number of aromatic hydroxyl groups is 1. The third kappa shape index (κ3) is 3.38. The minimum absolute atomic E-state index is 0.0132. The minimum Gasteiger partial charge on any atom is -0.508 e. The Bertz CT molecular complexity index is 379. The van der Waals surface area contributed by atoms with Crippen molar-refractivity contribution in [2.75, 3.05) is 13.7 Å². The molecule has 0 fully saturated rings. The van der Waals surface area contributed by atoms with E-state index in [1.165, 1.54) is 13.2 Å². The molecule has 1 rings (SSSR count). The Labute approximate surface area is 90.4 Å². The number of carbonyl (C=O) groups excluding carboxylic acids is 1. The van der Waals surface area contributed by atoms with E-state index in [2.05, 4.69) is 9.47 Å². The number of phenols is 1. The Morgan fingerprint density at radius 2 is 2.12 bits per heavy atom. The number of alkyl halides is 2.